The standard InChI is InChI=1S/C32H61N9O7S.H2/c33-25-36-27(28(43)23-26(24-42)32(34)46)17-14-15-21-35-30(44)20-16-22-49(47,48)39-31(45)19-13-11-9-7-5-3-1-2-4-6-8-10-12-18-29-37-40-41-38-29;/h26-27,36,42H,1-25,33H2,(H2,34,46)(H,35,44)(H,39,45)(H,37,38,40,41);1H/t26-,27-;/m0./s1. The van der Waals surface area contributed by atoms with Crippen molar-refractivity contribution in [3.63, 3.8) is 0 Å². The monoisotopic (exact) mass is 717 g/mol. The van der Waals surface area contributed by atoms with Gasteiger partial charge in [-0.1, -0.05) is 75.8 Å². The van der Waals surface area contributed by atoms with Gasteiger partial charge in [-0.2, -0.15) is 5.21 Å². The Labute approximate surface area is 293 Å². The topological polar surface area (TPSA) is 265 Å². The number of nitrogens with two attached hydrogens (primary N) is 2. The summed E-state index contributed by atoms with van der Waals surface area (Å²) in [6.45, 7) is -0.102. The maximum atomic E-state index is 12.4. The second-order valence-corrected chi connectivity index (χ2v) is 14.5. The van der Waals surface area contributed by atoms with Crippen molar-refractivity contribution in [3.8, 4) is 0 Å². The fraction of sp³-hybridized carbons (Fsp3) is 0.844. The number of unbranched alkanes of at least 4 members (excludes halogenated alkanes) is 13. The van der Waals surface area contributed by atoms with E-state index in [1.165, 1.54) is 51.4 Å². The van der Waals surface area contributed by atoms with E-state index in [4.69, 9.17) is 11.5 Å². The third-order valence-corrected chi connectivity index (χ3v) is 9.71. The maximum Gasteiger partial charge on any atom is 0.234 e. The zero-order valence-corrected chi connectivity index (χ0v) is 30.0. The van der Waals surface area contributed by atoms with Crippen molar-refractivity contribution in [1.29, 1.82) is 0 Å². The van der Waals surface area contributed by atoms with E-state index in [9.17, 15) is 32.7 Å². The predicted octanol–water partition coefficient (Wildman–Crippen LogP) is 1.89. The Balaban J connectivity index is 0.0000240. The molecule has 1 aromatic rings. The van der Waals surface area contributed by atoms with Crippen LogP contribution in [-0.4, -0.2) is 89.3 Å². The van der Waals surface area contributed by atoms with Gasteiger partial charge in [0.15, 0.2) is 11.6 Å². The summed E-state index contributed by atoms with van der Waals surface area (Å²) in [7, 11) is -3.81. The highest BCUT2D eigenvalue weighted by Crippen LogP contribution is 2.14. The molecule has 0 bridgehead atoms. The van der Waals surface area contributed by atoms with Crippen molar-refractivity contribution in [2.75, 3.05) is 25.6 Å². The molecule has 0 saturated heterocycles. The van der Waals surface area contributed by atoms with E-state index in [0.29, 0.717) is 32.2 Å². The quantitative estimate of drug-likeness (QED) is 0.0406. The van der Waals surface area contributed by atoms with Gasteiger partial charge in [0, 0.05) is 40.3 Å². The van der Waals surface area contributed by atoms with Gasteiger partial charge in [0.05, 0.1) is 24.3 Å². The summed E-state index contributed by atoms with van der Waals surface area (Å²) >= 11 is 0. The highest BCUT2D eigenvalue weighted by molar-refractivity contribution is 7.90. The third-order valence-electron chi connectivity index (χ3n) is 8.34. The van der Waals surface area contributed by atoms with Gasteiger partial charge in [0.1, 0.15) is 0 Å². The molecule has 0 aliphatic carbocycles. The van der Waals surface area contributed by atoms with Crippen LogP contribution in [0.1, 0.15) is 136 Å². The number of nitrogens with zero attached hydrogens (tertiary/aromatic N) is 3. The van der Waals surface area contributed by atoms with Crippen LogP contribution < -0.4 is 26.8 Å². The van der Waals surface area contributed by atoms with Crippen molar-refractivity contribution in [2.24, 2.45) is 17.4 Å². The van der Waals surface area contributed by atoms with Crippen molar-refractivity contribution < 1.29 is 34.1 Å². The number of Topliss-reactive ketones (excluding diaryl/α,β-unsaturated/α-hetero) is 1. The normalized spacial score (nSPS) is 12.8. The van der Waals surface area contributed by atoms with E-state index < -0.39 is 40.4 Å². The summed E-state index contributed by atoms with van der Waals surface area (Å²) in [5.41, 5.74) is 10.7. The van der Waals surface area contributed by atoms with E-state index in [1.54, 1.807) is 0 Å². The fourth-order valence-corrected chi connectivity index (χ4v) is 6.52. The molecule has 0 aliphatic heterocycles. The molecule has 0 saturated carbocycles. The lowest BCUT2D eigenvalue weighted by molar-refractivity contribution is -0.129. The summed E-state index contributed by atoms with van der Waals surface area (Å²) in [5.74, 6) is -2.31. The molecule has 0 unspecified atom stereocenters. The van der Waals surface area contributed by atoms with Gasteiger partial charge < -0.3 is 21.9 Å². The first-order valence-electron chi connectivity index (χ1n) is 18.0. The summed E-state index contributed by atoms with van der Waals surface area (Å²) in [6, 6.07) is -0.595. The number of rotatable bonds is 33. The molecule has 284 valence electrons. The number of primary amides is 1. The minimum Gasteiger partial charge on any atom is -0.396 e. The first-order valence-corrected chi connectivity index (χ1v) is 19.6. The Bertz CT molecular complexity index is 1160. The lowest BCUT2D eigenvalue weighted by Crippen LogP contribution is -2.42. The number of hydrogen-bond acceptors (Lipinski definition) is 12. The predicted molar refractivity (Wildman–Crippen MR) is 188 cm³/mol. The van der Waals surface area contributed by atoms with Gasteiger partial charge in [0.25, 0.3) is 0 Å². The molecule has 2 atom stereocenters. The number of hydrogen-bond donors (Lipinski definition) is 7. The number of carbonyl (C=O) groups is 4. The lowest BCUT2D eigenvalue weighted by Gasteiger charge is -2.18. The number of aromatic nitrogens is 4. The van der Waals surface area contributed by atoms with E-state index in [-0.39, 0.29) is 51.2 Å². The second kappa shape index (κ2) is 27.8. The molecular weight excluding hydrogens is 654 g/mol. The van der Waals surface area contributed by atoms with Crippen LogP contribution >= 0.6 is 0 Å². The van der Waals surface area contributed by atoms with Crippen LogP contribution in [0.25, 0.3) is 0 Å². The number of carbonyl (C=O) groups excluding carboxylic acids is 4. The first-order chi connectivity index (χ1) is 23.6. The summed E-state index contributed by atoms with van der Waals surface area (Å²) < 4.78 is 26.6. The first kappa shape index (κ1) is 44.0. The molecule has 16 nitrogen and oxygen atoms in total. The zero-order valence-electron chi connectivity index (χ0n) is 29.1. The van der Waals surface area contributed by atoms with Crippen molar-refractivity contribution in [1.82, 2.24) is 36.0 Å². The summed E-state index contributed by atoms with van der Waals surface area (Å²) in [5, 5.41) is 28.8. The van der Waals surface area contributed by atoms with Gasteiger partial charge in [-0.25, -0.2) is 8.42 Å². The average Bonchev–Trinajstić information content (AvgIpc) is 3.57. The van der Waals surface area contributed by atoms with Crippen LogP contribution in [0.15, 0.2) is 0 Å². The number of aryl methyl sites for hydroxylation is 1. The van der Waals surface area contributed by atoms with Crippen molar-refractivity contribution in [3.05, 3.63) is 5.82 Å². The Morgan fingerprint density at radius 2 is 1.41 bits per heavy atom. The summed E-state index contributed by atoms with van der Waals surface area (Å²) in [6.07, 6.45) is 17.2. The molecule has 0 aromatic carbocycles. The minimum absolute atomic E-state index is 0. The van der Waals surface area contributed by atoms with Gasteiger partial charge >= 0.3 is 0 Å². The zero-order chi connectivity index (χ0) is 36.2. The second-order valence-electron chi connectivity index (χ2n) is 12.6. The number of ketones is 1. The number of amides is 3. The van der Waals surface area contributed by atoms with Gasteiger partial charge in [0.2, 0.25) is 27.7 Å². The van der Waals surface area contributed by atoms with Gasteiger partial charge in [-0.05, 0) is 38.5 Å². The van der Waals surface area contributed by atoms with Crippen molar-refractivity contribution >= 4 is 33.5 Å². The van der Waals surface area contributed by atoms with Crippen LogP contribution in [0.2, 0.25) is 0 Å². The number of aliphatic hydroxyl groups is 1. The molecule has 0 fully saturated rings. The Morgan fingerprint density at radius 1 is 0.816 bits per heavy atom. The minimum atomic E-state index is -3.81. The van der Waals surface area contributed by atoms with Crippen LogP contribution in [0.4, 0.5) is 0 Å². The number of nitrogens with one attached hydrogen (secondary N) is 4. The SMILES string of the molecule is NCN[C@@H](CCCCNC(=O)CCCS(=O)(=O)NC(=O)CCCCCCCCCCCCCCCc1nn[nH]n1)C(=O)C[C@@H](CO)C(N)=O.[HH]. The van der Waals surface area contributed by atoms with Crippen molar-refractivity contribution in [2.45, 2.75) is 141 Å². The van der Waals surface area contributed by atoms with Crippen LogP contribution in [0.3, 0.4) is 0 Å². The average molecular weight is 718 g/mol. The smallest absolute Gasteiger partial charge is 0.234 e. The Kier molecular flexibility index (Phi) is 24.9. The van der Waals surface area contributed by atoms with Crippen LogP contribution in [-0.2, 0) is 35.6 Å². The van der Waals surface area contributed by atoms with E-state index in [2.05, 4.69) is 36.0 Å². The van der Waals surface area contributed by atoms with Crippen LogP contribution in [0.5, 0.6) is 0 Å². The Hall–Kier alpha value is -3.02. The van der Waals surface area contributed by atoms with Gasteiger partial charge in [-0.3, -0.25) is 29.2 Å². The molecule has 1 aromatic heterocycles. The molecular formula is C32H63N9O7S. The highest BCUT2D eigenvalue weighted by atomic mass is 32.2. The Morgan fingerprint density at radius 3 is 1.96 bits per heavy atom. The van der Waals surface area contributed by atoms with Crippen LogP contribution in [0, 0.1) is 5.92 Å². The number of sulfonamides is 1. The molecule has 1 heterocycles. The number of aromatic amines is 1. The molecule has 1 rings (SSSR count). The molecule has 9 N–H and O–H groups in total. The third kappa shape index (κ3) is 23.9. The van der Waals surface area contributed by atoms with E-state index >= 15 is 0 Å². The lowest BCUT2D eigenvalue weighted by atomic mass is 9.96. The maximum absolute atomic E-state index is 12.4. The highest BCUT2D eigenvalue weighted by Gasteiger charge is 2.24. The van der Waals surface area contributed by atoms with E-state index in [0.717, 1.165) is 37.9 Å². The largest absolute Gasteiger partial charge is 0.396 e. The summed E-state index contributed by atoms with van der Waals surface area (Å²) in [4.78, 5) is 48.0. The van der Waals surface area contributed by atoms with E-state index in [1.807, 2.05) is 0 Å². The molecule has 0 radical (unpaired) electrons. The molecule has 0 spiro atoms. The number of H-pyrrole nitrogens is 1. The molecule has 3 amide bonds. The number of aliphatic hydroxyl groups excluding tert-OH is 1. The van der Waals surface area contributed by atoms with Gasteiger partial charge in [-0.15, -0.1) is 10.2 Å². The molecule has 17 heteroatoms. The molecule has 49 heavy (non-hydrogen) atoms. The number of tetrazole rings is 1. The molecule has 0 aliphatic rings. The fourth-order valence-electron chi connectivity index (χ4n) is 5.45.